The zero-order valence-electron chi connectivity index (χ0n) is 47.2. The topological polar surface area (TPSA) is 124 Å². The molecule has 2 fully saturated rings. The van der Waals surface area contributed by atoms with Crippen molar-refractivity contribution >= 4 is 286 Å². The Morgan fingerprint density at radius 1 is 0.239 bits per heavy atom. The third-order valence-corrected chi connectivity index (χ3v) is 36.1. The quantitative estimate of drug-likeness (QED) is 0.0450. The lowest BCUT2D eigenvalue weighted by Crippen LogP contribution is -2.38. The summed E-state index contributed by atoms with van der Waals surface area (Å²) in [6.45, 7) is 11.7. The van der Waals surface area contributed by atoms with E-state index in [1.165, 1.54) is 216 Å². The summed E-state index contributed by atoms with van der Waals surface area (Å²) in [6, 6.07) is 0. The number of benzene rings is 16. The maximum atomic E-state index is 18.5. The second-order valence-corrected chi connectivity index (χ2v) is 34.2. The highest BCUT2D eigenvalue weighted by atomic mass is 31.2. The number of ether oxygens (including phenoxy) is 2. The van der Waals surface area contributed by atoms with E-state index in [1.807, 2.05) is 41.5 Å². The molecule has 88 heavy (non-hydrogen) atoms. The molecule has 0 radical (unpaired) electrons. The molecule has 0 amide bonds. The first-order valence-corrected chi connectivity index (χ1v) is 35.4. The molecule has 24 aromatic carbocycles. The predicted octanol–water partition coefficient (Wildman–Crippen LogP) is 18.2. The highest BCUT2D eigenvalue weighted by Gasteiger charge is 3.07. The maximum Gasteiger partial charge on any atom is 0.351 e. The fraction of sp³-hybridized carbons (Fsp3) is 0.237. The lowest BCUT2D eigenvalue weighted by molar-refractivity contribution is -0.166. The lowest BCUT2D eigenvalue weighted by Gasteiger charge is -2.36. The third-order valence-electron chi connectivity index (χ3n) is 29.3. The van der Waals surface area contributed by atoms with Crippen LogP contribution in [0.2, 0.25) is 0 Å². The van der Waals surface area contributed by atoms with Gasteiger partial charge in [0.1, 0.15) is 0 Å². The molecule has 10 nitrogen and oxygen atoms in total. The zero-order valence-corrected chi connectivity index (χ0v) is 49.0. The molecule has 404 valence electrons. The molecule has 0 saturated heterocycles. The highest BCUT2D eigenvalue weighted by Crippen LogP contribution is 3.08. The van der Waals surface area contributed by atoms with E-state index in [9.17, 15) is 0 Å². The first-order valence-electron chi connectivity index (χ1n) is 32.3. The minimum absolute atomic E-state index is 0.0415. The van der Waals surface area contributed by atoms with Crippen LogP contribution >= 0.6 is 15.2 Å². The summed E-state index contributed by atoms with van der Waals surface area (Å²) < 4.78 is 79.4. The van der Waals surface area contributed by atoms with E-state index in [1.54, 1.807) is 0 Å². The van der Waals surface area contributed by atoms with Crippen LogP contribution in [0.15, 0.2) is 0 Å². The van der Waals surface area contributed by atoms with Crippen LogP contribution in [0.5, 0.6) is 0 Å². The monoisotopic (exact) mass is 1160 g/mol. The largest absolute Gasteiger partial charge is 0.465 e. The van der Waals surface area contributed by atoms with E-state index in [0.717, 1.165) is 87.4 Å². The minimum Gasteiger partial charge on any atom is -0.465 e. The number of hydrogen-bond acceptors (Lipinski definition) is 10. The first kappa shape index (κ1) is 39.8. The average molecular weight is 1170 g/mol. The molecule has 0 N–H and O–H groups in total. The molecule has 0 aromatic heterocycles. The van der Waals surface area contributed by atoms with E-state index in [4.69, 9.17) is 27.6 Å². The van der Waals surface area contributed by atoms with Crippen LogP contribution in [0.25, 0.3) is 259 Å². The van der Waals surface area contributed by atoms with Crippen molar-refractivity contribution in [1.29, 1.82) is 0 Å². The van der Waals surface area contributed by atoms with E-state index < -0.39 is 59.1 Å². The van der Waals surface area contributed by atoms with Crippen molar-refractivity contribution in [3.63, 3.8) is 0 Å². The molecular formula is C76H30O10P2. The standard InChI is InChI=1S/C76H30O10P2/c1-7-81-69(77)75(70(78)82-8-2)71-61-45-34-23-16-17-21-14-13-18-15-19(14)30-40-28(21)35-24(17)26-25(23)36-33-37(26)50-49(35)65-51(40)52-41(30)32-22(15)31-39-29(18)38(27(34)20(13)16)47(61)48(39)62-53-42(31)43(32)54-59-57(53)64(72(62,71)75)58-55(63(71)46(36)45)44(33)56-60(58)68(59)74(66(52)54)73(65,67(50)56)76(74,87(79,83-9-3)84-10-4)88(80,85-11-5)86-12-6/h7-12H2,1-6H3. The van der Waals surface area contributed by atoms with Gasteiger partial charge >= 0.3 is 27.1 Å². The molecular weight excluding hydrogens is 1130 g/mol. The van der Waals surface area contributed by atoms with Gasteiger partial charge in [-0.2, -0.15) is 0 Å². The smallest absolute Gasteiger partial charge is 0.351 e. The molecule has 4 unspecified atom stereocenters. The van der Waals surface area contributed by atoms with E-state index in [2.05, 4.69) is 0 Å². The van der Waals surface area contributed by atoms with Crippen LogP contribution < -0.4 is 0 Å². The molecule has 0 heterocycles. The zero-order chi connectivity index (χ0) is 56.0. The fourth-order valence-electron chi connectivity index (χ4n) is 29.8. The first-order chi connectivity index (χ1) is 43.2. The molecule has 4 atom stereocenters. The van der Waals surface area contributed by atoms with Gasteiger partial charge in [0.15, 0.2) is 5.41 Å². The molecule has 34 rings (SSSR count). The van der Waals surface area contributed by atoms with Crippen LogP contribution in [0, 0.1) is 5.41 Å². The van der Waals surface area contributed by atoms with Gasteiger partial charge in [0.05, 0.1) is 61.3 Å². The Kier molecular flexibility index (Phi) is 4.25. The number of esters is 2. The van der Waals surface area contributed by atoms with Crippen molar-refractivity contribution in [2.24, 2.45) is 5.41 Å². The maximum absolute atomic E-state index is 18.5. The van der Waals surface area contributed by atoms with Crippen molar-refractivity contribution in [2.75, 3.05) is 39.6 Å². The fourth-order valence-corrected chi connectivity index (χ4v) is 37.1. The summed E-state index contributed by atoms with van der Waals surface area (Å²) >= 11 is 0. The number of carbonyl (C=O) groups is 2. The summed E-state index contributed by atoms with van der Waals surface area (Å²) in [5.74, 6) is -0.998. The van der Waals surface area contributed by atoms with Gasteiger partial charge in [0.2, 0.25) is 4.90 Å². The Hall–Kier alpha value is -8.04. The Labute approximate surface area is 486 Å². The van der Waals surface area contributed by atoms with Crippen LogP contribution in [-0.4, -0.2) is 56.5 Å². The summed E-state index contributed by atoms with van der Waals surface area (Å²) in [5.41, 5.74) is 1.70. The molecule has 4 spiro atoms. The number of rotatable bonds is 14. The summed E-state index contributed by atoms with van der Waals surface area (Å²) in [6.07, 6.45) is 0. The van der Waals surface area contributed by atoms with E-state index in [0.29, 0.717) is 0 Å². The normalized spacial score (nSPS) is 25.7. The van der Waals surface area contributed by atoms with Gasteiger partial charge in [-0.15, -0.1) is 0 Å². The Bertz CT molecular complexity index is 8060. The Balaban J connectivity index is 1.06. The Morgan fingerprint density at radius 2 is 0.386 bits per heavy atom. The average Bonchev–Trinajstić information content (AvgIpc) is 1.34. The predicted molar refractivity (Wildman–Crippen MR) is 347 cm³/mol. The van der Waals surface area contributed by atoms with Crippen LogP contribution in [-0.2, 0) is 67.9 Å². The SMILES string of the molecule is CCOC(=O)C1(C(=O)OCC)C23c4c5c6c7c8c4c4c2c2c9c%10c%11c%12c(c5c5c6c6c%13c%14c%15c%16c%17c(c8c8c4c4c2c2c9c9c%11c%11c%18c%12c5c%13c%18c5c%14c%12c%16c%13c%17c8c4c4c2c2c9c%11c5c%12c2c%134)C72C6%15C2(P(=O)(OCC)OCC)P(=O)(OCC)OCC)C%1013. The van der Waals surface area contributed by atoms with Crippen molar-refractivity contribution < 1.29 is 46.3 Å². The lowest BCUT2D eigenvalue weighted by atomic mass is 9.66. The van der Waals surface area contributed by atoms with Gasteiger partial charge in [-0.3, -0.25) is 18.7 Å². The van der Waals surface area contributed by atoms with Crippen molar-refractivity contribution in [3.05, 3.63) is 44.5 Å². The van der Waals surface area contributed by atoms with Gasteiger partial charge < -0.3 is 27.6 Å². The molecule has 0 bridgehead atoms. The molecule has 12 heteroatoms. The molecule has 10 aliphatic rings. The highest BCUT2D eigenvalue weighted by molar-refractivity contribution is 7.75. The van der Waals surface area contributed by atoms with Crippen molar-refractivity contribution in [3.8, 4) is 0 Å². The Morgan fingerprint density at radius 3 is 0.557 bits per heavy atom. The van der Waals surface area contributed by atoms with Crippen LogP contribution in [0.3, 0.4) is 0 Å². The second kappa shape index (κ2) is 9.40. The van der Waals surface area contributed by atoms with Gasteiger partial charge in [-0.25, -0.2) is 0 Å². The number of carbonyl (C=O) groups excluding carboxylic acids is 2. The minimum atomic E-state index is -4.79. The summed E-state index contributed by atoms with van der Waals surface area (Å²) in [4.78, 5) is 32.2. The molecule has 10 aliphatic carbocycles. The number of hydrogen-bond donors (Lipinski definition) is 0. The van der Waals surface area contributed by atoms with Gasteiger partial charge in [-0.05, 0) is 345 Å². The molecule has 24 aromatic rings. The molecule has 0 aliphatic heterocycles. The van der Waals surface area contributed by atoms with Gasteiger partial charge in [-0.1, -0.05) is 0 Å². The third kappa shape index (κ3) is 2.16. The van der Waals surface area contributed by atoms with Gasteiger partial charge in [0, 0.05) is 0 Å². The van der Waals surface area contributed by atoms with Crippen molar-refractivity contribution in [2.45, 2.75) is 68.1 Å². The van der Waals surface area contributed by atoms with Crippen LogP contribution in [0.1, 0.15) is 86.1 Å². The summed E-state index contributed by atoms with van der Waals surface area (Å²) in [5, 5.41) is 61.3. The second-order valence-electron chi connectivity index (χ2n) is 29.5. The van der Waals surface area contributed by atoms with E-state index >= 15 is 18.7 Å². The van der Waals surface area contributed by atoms with Crippen molar-refractivity contribution in [1.82, 2.24) is 0 Å². The molecule has 2 saturated carbocycles. The van der Waals surface area contributed by atoms with E-state index in [-0.39, 0.29) is 39.6 Å². The summed E-state index contributed by atoms with van der Waals surface area (Å²) in [7, 11) is -9.58. The van der Waals surface area contributed by atoms with Crippen LogP contribution in [0.4, 0.5) is 0 Å². The van der Waals surface area contributed by atoms with Gasteiger partial charge in [0.25, 0.3) is 0 Å².